The number of carbonyl (C=O) groups excluding carboxylic acids is 1. The van der Waals surface area contributed by atoms with Crippen LogP contribution in [-0.2, 0) is 6.42 Å². The van der Waals surface area contributed by atoms with E-state index in [1.165, 1.54) is 18.3 Å². The normalized spacial score (nSPS) is 10.8. The fourth-order valence-electron chi connectivity index (χ4n) is 3.33. The smallest absolute Gasteiger partial charge is 0.256 e. The fourth-order valence-corrected chi connectivity index (χ4v) is 3.33. The number of amides is 1. The Labute approximate surface area is 179 Å². The number of aromatic nitrogens is 3. The van der Waals surface area contributed by atoms with Gasteiger partial charge in [-0.15, -0.1) is 0 Å². The molecule has 2 aromatic carbocycles. The van der Waals surface area contributed by atoms with Crippen molar-refractivity contribution >= 4 is 5.91 Å². The van der Waals surface area contributed by atoms with Gasteiger partial charge in [-0.25, -0.2) is 9.07 Å². The summed E-state index contributed by atoms with van der Waals surface area (Å²) in [6, 6.07) is 17.6. The third kappa shape index (κ3) is 4.66. The number of ether oxygens (including phenoxy) is 1. The molecule has 0 atom stereocenters. The van der Waals surface area contributed by atoms with Gasteiger partial charge in [-0.1, -0.05) is 12.1 Å². The minimum Gasteiger partial charge on any atom is -0.494 e. The first-order valence-electron chi connectivity index (χ1n) is 10.1. The Hall–Kier alpha value is -3.87. The molecule has 6 nitrogen and oxygen atoms in total. The minimum absolute atomic E-state index is 0.219. The third-order valence-electron chi connectivity index (χ3n) is 4.84. The number of carbonyl (C=O) groups is 1. The molecule has 4 rings (SSSR count). The van der Waals surface area contributed by atoms with Gasteiger partial charge in [0.1, 0.15) is 17.1 Å². The molecule has 0 saturated heterocycles. The molecule has 0 aliphatic carbocycles. The average Bonchev–Trinajstić information content (AvgIpc) is 3.45. The summed E-state index contributed by atoms with van der Waals surface area (Å²) >= 11 is 0. The van der Waals surface area contributed by atoms with Crippen molar-refractivity contribution in [1.82, 2.24) is 19.7 Å². The predicted molar refractivity (Wildman–Crippen MR) is 116 cm³/mol. The van der Waals surface area contributed by atoms with Gasteiger partial charge in [-0.05, 0) is 67.4 Å². The highest BCUT2D eigenvalue weighted by molar-refractivity contribution is 5.97. The first-order valence-corrected chi connectivity index (χ1v) is 10.1. The lowest BCUT2D eigenvalue weighted by atomic mass is 10.1. The standard InChI is InChI=1S/C24H23FN4O2/c1-2-31-21-11-5-18(6-12-21)13-14-26-23(30)22-17-27-29(20-9-7-19(25)8-10-20)24(22)28-15-3-4-16-28/h3-12,15-17H,2,13-14H2,1H3,(H,26,30). The van der Waals surface area contributed by atoms with E-state index in [0.29, 0.717) is 36.6 Å². The molecule has 2 aromatic heterocycles. The molecule has 0 radical (unpaired) electrons. The second-order valence-corrected chi connectivity index (χ2v) is 6.94. The Morgan fingerprint density at radius 1 is 1.06 bits per heavy atom. The van der Waals surface area contributed by atoms with Gasteiger partial charge in [-0.2, -0.15) is 5.10 Å². The lowest BCUT2D eigenvalue weighted by Gasteiger charge is -2.11. The predicted octanol–water partition coefficient (Wildman–Crippen LogP) is 4.17. The highest BCUT2D eigenvalue weighted by Gasteiger charge is 2.19. The topological polar surface area (TPSA) is 61.1 Å². The van der Waals surface area contributed by atoms with E-state index in [4.69, 9.17) is 4.74 Å². The van der Waals surface area contributed by atoms with E-state index >= 15 is 0 Å². The highest BCUT2D eigenvalue weighted by Crippen LogP contribution is 2.20. The molecule has 0 spiro atoms. The number of benzene rings is 2. The molecule has 31 heavy (non-hydrogen) atoms. The zero-order valence-corrected chi connectivity index (χ0v) is 17.2. The Bertz CT molecular complexity index is 1130. The van der Waals surface area contributed by atoms with Gasteiger partial charge in [0, 0.05) is 18.9 Å². The summed E-state index contributed by atoms with van der Waals surface area (Å²) < 4.78 is 22.2. The van der Waals surface area contributed by atoms with Gasteiger partial charge in [0.2, 0.25) is 0 Å². The Balaban J connectivity index is 1.50. The van der Waals surface area contributed by atoms with Crippen LogP contribution in [0.3, 0.4) is 0 Å². The largest absolute Gasteiger partial charge is 0.494 e. The molecule has 0 saturated carbocycles. The molecule has 0 aliphatic heterocycles. The molecule has 1 amide bonds. The van der Waals surface area contributed by atoms with Crippen molar-refractivity contribution in [2.45, 2.75) is 13.3 Å². The summed E-state index contributed by atoms with van der Waals surface area (Å²) in [5, 5.41) is 7.35. The summed E-state index contributed by atoms with van der Waals surface area (Å²) in [5.74, 6) is 0.878. The molecule has 0 fully saturated rings. The molecule has 7 heteroatoms. The van der Waals surface area contributed by atoms with Gasteiger partial charge < -0.3 is 14.6 Å². The Kier molecular flexibility index (Phi) is 6.12. The maximum absolute atomic E-state index is 13.3. The van der Waals surface area contributed by atoms with Crippen LogP contribution in [0, 0.1) is 5.82 Å². The van der Waals surface area contributed by atoms with E-state index in [0.717, 1.165) is 11.3 Å². The van der Waals surface area contributed by atoms with Crippen LogP contribution in [0.4, 0.5) is 4.39 Å². The van der Waals surface area contributed by atoms with Crippen molar-refractivity contribution in [3.05, 3.63) is 96.2 Å². The SMILES string of the molecule is CCOc1ccc(CCNC(=O)c2cnn(-c3ccc(F)cc3)c2-n2cccc2)cc1. The zero-order chi connectivity index (χ0) is 21.6. The molecule has 2 heterocycles. The molecular formula is C24H23FN4O2. The fraction of sp³-hybridized carbons (Fsp3) is 0.167. The van der Waals surface area contributed by atoms with E-state index in [-0.39, 0.29) is 11.7 Å². The highest BCUT2D eigenvalue weighted by atomic mass is 19.1. The van der Waals surface area contributed by atoms with Crippen molar-refractivity contribution in [3.8, 4) is 17.3 Å². The van der Waals surface area contributed by atoms with Crippen molar-refractivity contribution in [2.24, 2.45) is 0 Å². The first-order chi connectivity index (χ1) is 15.2. The Morgan fingerprint density at radius 2 is 1.77 bits per heavy atom. The van der Waals surface area contributed by atoms with Gasteiger partial charge in [0.15, 0.2) is 5.82 Å². The van der Waals surface area contributed by atoms with E-state index in [1.54, 1.807) is 16.8 Å². The number of hydrogen-bond donors (Lipinski definition) is 1. The summed E-state index contributed by atoms with van der Waals surface area (Å²) in [5.41, 5.74) is 2.21. The van der Waals surface area contributed by atoms with Crippen LogP contribution in [0.15, 0.2) is 79.3 Å². The molecule has 0 aliphatic rings. The van der Waals surface area contributed by atoms with Crippen LogP contribution >= 0.6 is 0 Å². The van der Waals surface area contributed by atoms with Gasteiger partial charge >= 0.3 is 0 Å². The second-order valence-electron chi connectivity index (χ2n) is 6.94. The lowest BCUT2D eigenvalue weighted by molar-refractivity contribution is 0.0954. The van der Waals surface area contributed by atoms with Crippen molar-refractivity contribution < 1.29 is 13.9 Å². The van der Waals surface area contributed by atoms with Crippen LogP contribution < -0.4 is 10.1 Å². The van der Waals surface area contributed by atoms with Crippen molar-refractivity contribution in [2.75, 3.05) is 13.2 Å². The molecule has 0 bridgehead atoms. The van der Waals surface area contributed by atoms with Gasteiger partial charge in [-0.3, -0.25) is 4.79 Å². The number of nitrogens with one attached hydrogen (secondary N) is 1. The second kappa shape index (κ2) is 9.30. The summed E-state index contributed by atoms with van der Waals surface area (Å²) in [7, 11) is 0. The maximum atomic E-state index is 13.3. The number of hydrogen-bond acceptors (Lipinski definition) is 3. The summed E-state index contributed by atoms with van der Waals surface area (Å²) in [4.78, 5) is 12.9. The lowest BCUT2D eigenvalue weighted by Crippen LogP contribution is -2.26. The van der Waals surface area contributed by atoms with Crippen LogP contribution in [-0.4, -0.2) is 33.4 Å². The Morgan fingerprint density at radius 3 is 2.45 bits per heavy atom. The quantitative estimate of drug-likeness (QED) is 0.467. The van der Waals surface area contributed by atoms with Crippen molar-refractivity contribution in [3.63, 3.8) is 0 Å². The summed E-state index contributed by atoms with van der Waals surface area (Å²) in [6.45, 7) is 3.06. The van der Waals surface area contributed by atoms with Crippen molar-refractivity contribution in [1.29, 1.82) is 0 Å². The molecular weight excluding hydrogens is 395 g/mol. The molecule has 1 N–H and O–H groups in total. The number of rotatable bonds is 8. The van der Waals surface area contributed by atoms with Gasteiger partial charge in [0.05, 0.1) is 18.5 Å². The van der Waals surface area contributed by atoms with E-state index in [1.807, 2.05) is 60.3 Å². The van der Waals surface area contributed by atoms with Crippen LogP contribution in [0.1, 0.15) is 22.8 Å². The average molecular weight is 418 g/mol. The van der Waals surface area contributed by atoms with Crippen LogP contribution in [0.5, 0.6) is 5.75 Å². The minimum atomic E-state index is -0.328. The van der Waals surface area contributed by atoms with E-state index in [9.17, 15) is 9.18 Å². The number of halogens is 1. The van der Waals surface area contributed by atoms with Gasteiger partial charge in [0.25, 0.3) is 5.91 Å². The maximum Gasteiger partial charge on any atom is 0.256 e. The number of nitrogens with zero attached hydrogens (tertiary/aromatic N) is 3. The van der Waals surface area contributed by atoms with Crippen LogP contribution in [0.25, 0.3) is 11.5 Å². The van der Waals surface area contributed by atoms with E-state index in [2.05, 4.69) is 10.4 Å². The van der Waals surface area contributed by atoms with Crippen LogP contribution in [0.2, 0.25) is 0 Å². The monoisotopic (exact) mass is 418 g/mol. The van der Waals surface area contributed by atoms with E-state index < -0.39 is 0 Å². The zero-order valence-electron chi connectivity index (χ0n) is 17.2. The third-order valence-corrected chi connectivity index (χ3v) is 4.84. The molecule has 158 valence electrons. The molecule has 4 aromatic rings. The molecule has 0 unspecified atom stereocenters. The summed E-state index contributed by atoms with van der Waals surface area (Å²) in [6.07, 6.45) is 5.91. The first kappa shape index (κ1) is 20.4.